The predicted molar refractivity (Wildman–Crippen MR) is 110 cm³/mol. The van der Waals surface area contributed by atoms with E-state index in [0.717, 1.165) is 21.3 Å². The Bertz CT molecular complexity index is 1010. The van der Waals surface area contributed by atoms with Crippen molar-refractivity contribution in [1.29, 1.82) is 0 Å². The number of aromatic amines is 1. The highest BCUT2D eigenvalue weighted by atomic mass is 79.9. The third-order valence-electron chi connectivity index (χ3n) is 4.95. The number of benzene rings is 2. The maximum absolute atomic E-state index is 12.6. The molecule has 28 heavy (non-hydrogen) atoms. The second-order valence-corrected chi connectivity index (χ2v) is 7.67. The minimum Gasteiger partial charge on any atom is -0.496 e. The summed E-state index contributed by atoms with van der Waals surface area (Å²) in [6.07, 6.45) is 0.471. The normalized spacial score (nSPS) is 21.4. The zero-order valence-electron chi connectivity index (χ0n) is 15.5. The van der Waals surface area contributed by atoms with Crippen LogP contribution in [0.25, 0.3) is 11.3 Å². The van der Waals surface area contributed by atoms with Gasteiger partial charge in [-0.05, 0) is 28.9 Å². The van der Waals surface area contributed by atoms with Crippen LogP contribution in [0.15, 0.2) is 59.1 Å². The fraction of sp³-hybridized carbons (Fsp3) is 0.238. The van der Waals surface area contributed by atoms with Crippen LogP contribution >= 0.6 is 15.9 Å². The van der Waals surface area contributed by atoms with Crippen molar-refractivity contribution in [3.63, 3.8) is 0 Å². The van der Waals surface area contributed by atoms with Crippen molar-refractivity contribution in [3.8, 4) is 17.0 Å². The molecule has 0 aliphatic carbocycles. The molecule has 0 radical (unpaired) electrons. The van der Waals surface area contributed by atoms with Gasteiger partial charge in [0.1, 0.15) is 28.9 Å². The van der Waals surface area contributed by atoms with Crippen LogP contribution in [0.4, 0.5) is 5.82 Å². The number of halogens is 1. The summed E-state index contributed by atoms with van der Waals surface area (Å²) in [7, 11) is 1.61. The largest absolute Gasteiger partial charge is 0.496 e. The highest BCUT2D eigenvalue weighted by Gasteiger charge is 2.46. The van der Waals surface area contributed by atoms with E-state index in [0.29, 0.717) is 18.0 Å². The Balaban J connectivity index is 1.57. The topological polar surface area (TPSA) is 76.2 Å². The predicted octanol–water partition coefficient (Wildman–Crippen LogP) is 4.49. The van der Waals surface area contributed by atoms with Gasteiger partial charge in [-0.2, -0.15) is 5.10 Å². The Morgan fingerprint density at radius 3 is 2.68 bits per heavy atom. The van der Waals surface area contributed by atoms with E-state index in [1.54, 1.807) is 7.11 Å². The number of H-pyrrole nitrogens is 1. The van der Waals surface area contributed by atoms with E-state index in [4.69, 9.17) is 9.47 Å². The first-order chi connectivity index (χ1) is 13.5. The molecular weight excluding hydrogens is 422 g/mol. The highest BCUT2D eigenvalue weighted by Crippen LogP contribution is 2.42. The first-order valence-electron chi connectivity index (χ1n) is 8.94. The zero-order chi connectivity index (χ0) is 19.7. The molecule has 4 rings (SSSR count). The Morgan fingerprint density at radius 2 is 1.93 bits per heavy atom. The first kappa shape index (κ1) is 18.6. The van der Waals surface area contributed by atoms with E-state index >= 15 is 0 Å². The highest BCUT2D eigenvalue weighted by molar-refractivity contribution is 9.10. The van der Waals surface area contributed by atoms with Crippen LogP contribution in [-0.4, -0.2) is 29.3 Å². The Hall–Kier alpha value is -2.80. The summed E-state index contributed by atoms with van der Waals surface area (Å²) >= 11 is 3.58. The second kappa shape index (κ2) is 7.31. The molecule has 1 fully saturated rings. The number of carbonyl (C=O) groups excluding carboxylic acids is 1. The lowest BCUT2D eigenvalue weighted by atomic mass is 9.90. The molecule has 2 aromatic carbocycles. The number of rotatable bonds is 5. The van der Waals surface area contributed by atoms with Gasteiger partial charge in [-0.1, -0.05) is 48.5 Å². The number of nitrogens with one attached hydrogen (secondary N) is 2. The van der Waals surface area contributed by atoms with Gasteiger partial charge < -0.3 is 14.8 Å². The average Bonchev–Trinajstić information content (AvgIpc) is 3.22. The van der Waals surface area contributed by atoms with Crippen molar-refractivity contribution >= 4 is 27.7 Å². The first-order valence-corrected chi connectivity index (χ1v) is 9.73. The molecule has 1 aliphatic heterocycles. The van der Waals surface area contributed by atoms with Gasteiger partial charge in [-0.3, -0.25) is 5.10 Å². The number of nitrogens with zero attached hydrogens (tertiary/aromatic N) is 1. The number of methoxy groups -OCH3 is 1. The van der Waals surface area contributed by atoms with Crippen LogP contribution in [0.2, 0.25) is 0 Å². The third-order valence-corrected chi connectivity index (χ3v) is 5.73. The van der Waals surface area contributed by atoms with E-state index in [-0.39, 0.29) is 5.97 Å². The minimum atomic E-state index is -0.768. The van der Waals surface area contributed by atoms with Crippen LogP contribution in [0, 0.1) is 0 Å². The molecule has 0 saturated carbocycles. The molecule has 0 spiro atoms. The van der Waals surface area contributed by atoms with E-state index in [1.807, 2.05) is 61.5 Å². The van der Waals surface area contributed by atoms with Crippen LogP contribution in [0.1, 0.15) is 18.9 Å². The summed E-state index contributed by atoms with van der Waals surface area (Å²) in [6, 6.07) is 16.9. The smallest absolute Gasteiger partial charge is 0.329 e. The molecule has 3 aromatic rings. The number of carbonyl (C=O) groups is 1. The van der Waals surface area contributed by atoms with Crippen molar-refractivity contribution in [2.75, 3.05) is 12.4 Å². The van der Waals surface area contributed by atoms with Crippen molar-refractivity contribution in [1.82, 2.24) is 10.2 Å². The molecule has 1 aliphatic rings. The standard InChI is InChI=1S/C21H20BrN3O3/c1-21(14-10-6-7-11-16(14)27-2)12-15(20(26)28-21)23-19-17(22)18(24-25-19)13-8-4-3-5-9-13/h3-11,15H,12H2,1-2H3,(H2,23,24,25). The molecule has 144 valence electrons. The summed E-state index contributed by atoms with van der Waals surface area (Å²) in [5.41, 5.74) is 1.84. The molecule has 2 unspecified atom stereocenters. The van der Waals surface area contributed by atoms with Crippen molar-refractivity contribution in [3.05, 3.63) is 64.6 Å². The molecule has 2 atom stereocenters. The fourth-order valence-electron chi connectivity index (χ4n) is 3.55. The fourth-order valence-corrected chi connectivity index (χ4v) is 4.07. The Morgan fingerprint density at radius 1 is 1.21 bits per heavy atom. The molecule has 0 amide bonds. The molecule has 7 heteroatoms. The molecular formula is C21H20BrN3O3. The van der Waals surface area contributed by atoms with Gasteiger partial charge in [-0.25, -0.2) is 4.79 Å². The second-order valence-electron chi connectivity index (χ2n) is 6.88. The van der Waals surface area contributed by atoms with Gasteiger partial charge in [0.2, 0.25) is 0 Å². The van der Waals surface area contributed by atoms with Crippen LogP contribution in [0.3, 0.4) is 0 Å². The number of ether oxygens (including phenoxy) is 2. The zero-order valence-corrected chi connectivity index (χ0v) is 17.1. The molecule has 2 heterocycles. The molecule has 1 saturated heterocycles. The lowest BCUT2D eigenvalue weighted by molar-refractivity contribution is -0.148. The summed E-state index contributed by atoms with van der Waals surface area (Å²) in [4.78, 5) is 12.6. The van der Waals surface area contributed by atoms with E-state index < -0.39 is 11.6 Å². The number of anilines is 1. The number of aromatic nitrogens is 2. The van der Waals surface area contributed by atoms with Gasteiger partial charge in [0.05, 0.1) is 11.6 Å². The van der Waals surface area contributed by atoms with Gasteiger partial charge >= 0.3 is 5.97 Å². The van der Waals surface area contributed by atoms with Crippen LogP contribution in [-0.2, 0) is 15.1 Å². The maximum Gasteiger partial charge on any atom is 0.329 e. The minimum absolute atomic E-state index is 0.309. The summed E-state index contributed by atoms with van der Waals surface area (Å²) in [5.74, 6) is 1.04. The maximum atomic E-state index is 12.6. The summed E-state index contributed by atoms with van der Waals surface area (Å²) in [5, 5.41) is 10.6. The number of hydrogen-bond acceptors (Lipinski definition) is 5. The molecule has 6 nitrogen and oxygen atoms in total. The summed E-state index contributed by atoms with van der Waals surface area (Å²) in [6.45, 7) is 1.90. The third kappa shape index (κ3) is 3.26. The van der Waals surface area contributed by atoms with Crippen molar-refractivity contribution in [2.24, 2.45) is 0 Å². The van der Waals surface area contributed by atoms with E-state index in [9.17, 15) is 4.79 Å². The number of hydrogen-bond donors (Lipinski definition) is 2. The van der Waals surface area contributed by atoms with Gasteiger partial charge in [0, 0.05) is 17.5 Å². The lowest BCUT2D eigenvalue weighted by Crippen LogP contribution is -2.25. The van der Waals surface area contributed by atoms with E-state index in [2.05, 4.69) is 31.4 Å². The van der Waals surface area contributed by atoms with Crippen LogP contribution < -0.4 is 10.1 Å². The molecule has 0 bridgehead atoms. The number of para-hydroxylation sites is 1. The SMILES string of the molecule is COc1ccccc1C1(C)CC(Nc2[nH]nc(-c3ccccc3)c2Br)C(=O)O1. The summed E-state index contributed by atoms with van der Waals surface area (Å²) < 4.78 is 12.0. The van der Waals surface area contributed by atoms with Gasteiger partial charge in [0.25, 0.3) is 0 Å². The number of cyclic esters (lactones) is 1. The van der Waals surface area contributed by atoms with Crippen molar-refractivity contribution < 1.29 is 14.3 Å². The van der Waals surface area contributed by atoms with Gasteiger partial charge in [-0.15, -0.1) is 0 Å². The average molecular weight is 442 g/mol. The van der Waals surface area contributed by atoms with Gasteiger partial charge in [0.15, 0.2) is 0 Å². The quantitative estimate of drug-likeness (QED) is 0.570. The Labute approximate surface area is 171 Å². The van der Waals surface area contributed by atoms with E-state index in [1.165, 1.54) is 0 Å². The molecule has 1 aromatic heterocycles. The lowest BCUT2D eigenvalue weighted by Gasteiger charge is -2.25. The van der Waals surface area contributed by atoms with Crippen LogP contribution in [0.5, 0.6) is 5.75 Å². The number of esters is 1. The Kier molecular flexibility index (Phi) is 4.85. The monoisotopic (exact) mass is 441 g/mol. The van der Waals surface area contributed by atoms with Crippen molar-refractivity contribution in [2.45, 2.75) is 25.0 Å². The molecule has 2 N–H and O–H groups in total.